The number of para-hydroxylation sites is 1. The molecule has 228 valence electrons. The highest BCUT2D eigenvalue weighted by Crippen LogP contribution is 2.30. The third-order valence-corrected chi connectivity index (χ3v) is 8.90. The highest BCUT2D eigenvalue weighted by atomic mass is 35.5. The fourth-order valence-electron chi connectivity index (χ4n) is 6.12. The fraction of sp³-hybridized carbons (Fsp3) is 0.281. The molecule has 0 radical (unpaired) electrons. The molecule has 6 aromatic rings. The Morgan fingerprint density at radius 2 is 1.64 bits per heavy atom. The largest absolute Gasteiger partial charge is 0.334 e. The number of hydrogen-bond acceptors (Lipinski definition) is 7. The third kappa shape index (κ3) is 5.10. The number of nitrogens with zero attached hydrogens (tertiary/aromatic N) is 8. The zero-order valence-electron chi connectivity index (χ0n) is 25.0. The first-order valence-electron chi connectivity index (χ1n) is 14.8. The number of carbonyl (C=O) groups excluding carboxylic acids is 2. The molecule has 2 aliphatic rings. The second-order valence-corrected chi connectivity index (χ2v) is 11.7. The number of benzene rings is 1. The van der Waals surface area contributed by atoms with Gasteiger partial charge in [-0.05, 0) is 56.2 Å². The molecule has 2 atom stereocenters. The van der Waals surface area contributed by atoms with Crippen molar-refractivity contribution in [3.05, 3.63) is 101 Å². The first-order valence-corrected chi connectivity index (χ1v) is 15.2. The first-order chi connectivity index (χ1) is 21.8. The van der Waals surface area contributed by atoms with Crippen LogP contribution in [-0.4, -0.2) is 74.2 Å². The van der Waals surface area contributed by atoms with Crippen LogP contribution in [0, 0.1) is 6.92 Å². The van der Waals surface area contributed by atoms with Crippen molar-refractivity contribution in [2.45, 2.75) is 45.8 Å². The molecule has 13 heteroatoms. The standard InChI is InChI=1S/C17H17N5O.C15H14ClN5O/c1-10-5-8-19-15-14(10)20-16(21-15)17(23)22-9-6-13-12(11(22)2)4-3-7-18-13;1-9-14-17-5-6-20(14)7-8-21(9)15(22)13-18-11-4-2-3-10(16)12(11)19-13/h3-5,7-8,11H,6,9H2,1-2H3,(H,19,20,21);2-6,9H,7-8H2,1H3,(H,18,19). The summed E-state index contributed by atoms with van der Waals surface area (Å²) in [6, 6.07) is 11.2. The molecule has 5 aromatic heterocycles. The van der Waals surface area contributed by atoms with E-state index in [1.807, 2.05) is 62.2 Å². The van der Waals surface area contributed by atoms with E-state index in [-0.39, 0.29) is 23.9 Å². The lowest BCUT2D eigenvalue weighted by molar-refractivity contribution is 0.0625. The fourth-order valence-corrected chi connectivity index (χ4v) is 6.33. The highest BCUT2D eigenvalue weighted by molar-refractivity contribution is 6.35. The van der Waals surface area contributed by atoms with Gasteiger partial charge in [0.2, 0.25) is 0 Å². The number of H-pyrrole nitrogens is 2. The quantitative estimate of drug-likeness (QED) is 0.275. The van der Waals surface area contributed by atoms with Crippen LogP contribution in [0.25, 0.3) is 22.2 Å². The number of aromatic nitrogens is 8. The van der Waals surface area contributed by atoms with Gasteiger partial charge in [0, 0.05) is 56.5 Å². The number of pyridine rings is 2. The van der Waals surface area contributed by atoms with Crippen molar-refractivity contribution in [3.63, 3.8) is 0 Å². The SMILES string of the molecule is CC1c2nccn2CCN1C(=O)c1nc2c(Cl)cccc2[nH]1.Cc1ccnc2nc(C(=O)N3CCc4ncccc4C3C)[nH]c12. The molecule has 45 heavy (non-hydrogen) atoms. The molecular weight excluding hydrogens is 592 g/mol. The number of aryl methyl sites for hydroxylation is 1. The van der Waals surface area contributed by atoms with E-state index in [2.05, 4.69) is 39.5 Å². The van der Waals surface area contributed by atoms with E-state index < -0.39 is 0 Å². The summed E-state index contributed by atoms with van der Waals surface area (Å²) in [5.41, 5.74) is 6.01. The molecule has 12 nitrogen and oxygen atoms in total. The highest BCUT2D eigenvalue weighted by Gasteiger charge is 2.32. The molecule has 2 N–H and O–H groups in total. The number of fused-ring (bicyclic) bond motifs is 4. The number of imidazole rings is 3. The molecule has 7 heterocycles. The average Bonchev–Trinajstić information content (AvgIpc) is 3.81. The van der Waals surface area contributed by atoms with Gasteiger partial charge in [-0.3, -0.25) is 14.6 Å². The number of nitrogens with one attached hydrogen (secondary N) is 2. The van der Waals surface area contributed by atoms with Crippen LogP contribution < -0.4 is 0 Å². The Balaban J connectivity index is 0.000000145. The number of carbonyl (C=O) groups is 2. The van der Waals surface area contributed by atoms with Gasteiger partial charge in [-0.15, -0.1) is 0 Å². The molecule has 0 saturated carbocycles. The normalized spacial score (nSPS) is 17.5. The topological polar surface area (TPSA) is 142 Å². The Morgan fingerprint density at radius 1 is 0.844 bits per heavy atom. The zero-order valence-corrected chi connectivity index (χ0v) is 25.8. The second kappa shape index (κ2) is 11.4. The Hall–Kier alpha value is -5.10. The van der Waals surface area contributed by atoms with Crippen molar-refractivity contribution < 1.29 is 9.59 Å². The Bertz CT molecular complexity index is 2060. The van der Waals surface area contributed by atoms with Gasteiger partial charge in [-0.2, -0.15) is 0 Å². The number of hydrogen-bond donors (Lipinski definition) is 2. The van der Waals surface area contributed by atoms with E-state index in [0.29, 0.717) is 40.9 Å². The summed E-state index contributed by atoms with van der Waals surface area (Å²) >= 11 is 6.12. The van der Waals surface area contributed by atoms with Crippen LogP contribution in [0.5, 0.6) is 0 Å². The van der Waals surface area contributed by atoms with E-state index in [9.17, 15) is 9.59 Å². The minimum absolute atomic E-state index is 0.0118. The van der Waals surface area contributed by atoms with Crippen LogP contribution in [0.1, 0.15) is 69.8 Å². The minimum Gasteiger partial charge on any atom is -0.334 e. The molecule has 0 bridgehead atoms. The van der Waals surface area contributed by atoms with E-state index >= 15 is 0 Å². The van der Waals surface area contributed by atoms with E-state index in [1.165, 1.54) is 0 Å². The molecule has 0 spiro atoms. The van der Waals surface area contributed by atoms with Crippen LogP contribution in [0.2, 0.25) is 5.02 Å². The number of amides is 2. The van der Waals surface area contributed by atoms with Crippen LogP contribution >= 0.6 is 11.6 Å². The van der Waals surface area contributed by atoms with Crippen molar-refractivity contribution in [1.82, 2.24) is 49.3 Å². The van der Waals surface area contributed by atoms with Gasteiger partial charge >= 0.3 is 0 Å². The predicted octanol–water partition coefficient (Wildman–Crippen LogP) is 5.05. The van der Waals surface area contributed by atoms with Crippen molar-refractivity contribution in [3.8, 4) is 0 Å². The lowest BCUT2D eigenvalue weighted by Crippen LogP contribution is -2.41. The summed E-state index contributed by atoms with van der Waals surface area (Å²) in [5, 5.41) is 0.537. The van der Waals surface area contributed by atoms with Crippen molar-refractivity contribution in [2.75, 3.05) is 13.1 Å². The average molecular weight is 623 g/mol. The monoisotopic (exact) mass is 622 g/mol. The van der Waals surface area contributed by atoms with Gasteiger partial charge in [-0.25, -0.2) is 19.9 Å². The van der Waals surface area contributed by atoms with Gasteiger partial charge < -0.3 is 24.3 Å². The van der Waals surface area contributed by atoms with Crippen LogP contribution in [0.4, 0.5) is 0 Å². The molecule has 8 rings (SSSR count). The summed E-state index contributed by atoms with van der Waals surface area (Å²) in [6.45, 7) is 8.01. The van der Waals surface area contributed by atoms with Gasteiger partial charge in [0.05, 0.1) is 28.1 Å². The summed E-state index contributed by atoms with van der Waals surface area (Å²) in [7, 11) is 0. The first kappa shape index (κ1) is 28.7. The molecule has 0 saturated heterocycles. The predicted molar refractivity (Wildman–Crippen MR) is 169 cm³/mol. The lowest BCUT2D eigenvalue weighted by Gasteiger charge is -2.34. The molecule has 0 fully saturated rings. The van der Waals surface area contributed by atoms with Gasteiger partial charge in [0.1, 0.15) is 11.3 Å². The van der Waals surface area contributed by atoms with Crippen LogP contribution in [0.3, 0.4) is 0 Å². The summed E-state index contributed by atoms with van der Waals surface area (Å²) in [4.78, 5) is 57.2. The Kier molecular flexibility index (Phi) is 7.28. The smallest absolute Gasteiger partial charge is 0.290 e. The van der Waals surface area contributed by atoms with Gasteiger partial charge in [0.25, 0.3) is 11.8 Å². The molecule has 2 unspecified atom stereocenters. The summed E-state index contributed by atoms with van der Waals surface area (Å²) < 4.78 is 2.07. The maximum atomic E-state index is 12.9. The van der Waals surface area contributed by atoms with E-state index in [0.717, 1.165) is 46.6 Å². The van der Waals surface area contributed by atoms with E-state index in [1.54, 1.807) is 29.6 Å². The van der Waals surface area contributed by atoms with Crippen molar-refractivity contribution in [1.29, 1.82) is 0 Å². The van der Waals surface area contributed by atoms with Crippen molar-refractivity contribution in [2.24, 2.45) is 0 Å². The minimum atomic E-state index is -0.131. The Labute approximate surface area is 263 Å². The molecule has 2 amide bonds. The Morgan fingerprint density at radius 3 is 2.44 bits per heavy atom. The zero-order chi connectivity index (χ0) is 31.2. The van der Waals surface area contributed by atoms with Crippen molar-refractivity contribution >= 4 is 45.6 Å². The molecule has 2 aliphatic heterocycles. The summed E-state index contributed by atoms with van der Waals surface area (Å²) in [6.07, 6.45) is 7.98. The molecule has 0 aliphatic carbocycles. The number of rotatable bonds is 2. The second-order valence-electron chi connectivity index (χ2n) is 11.3. The summed E-state index contributed by atoms with van der Waals surface area (Å²) in [5.74, 6) is 1.34. The maximum Gasteiger partial charge on any atom is 0.290 e. The van der Waals surface area contributed by atoms with Crippen LogP contribution in [-0.2, 0) is 13.0 Å². The van der Waals surface area contributed by atoms with Gasteiger partial charge in [0.15, 0.2) is 17.3 Å². The number of halogens is 1. The van der Waals surface area contributed by atoms with Crippen LogP contribution in [0.15, 0.2) is 61.2 Å². The molecular formula is C32H31ClN10O2. The maximum absolute atomic E-state index is 12.9. The van der Waals surface area contributed by atoms with E-state index in [4.69, 9.17) is 11.6 Å². The number of aromatic amines is 2. The van der Waals surface area contributed by atoms with Gasteiger partial charge in [-0.1, -0.05) is 23.7 Å². The molecule has 1 aromatic carbocycles. The lowest BCUT2D eigenvalue weighted by atomic mass is 9.98. The third-order valence-electron chi connectivity index (χ3n) is 8.59.